The molecule has 1 saturated carbocycles. The van der Waals surface area contributed by atoms with Gasteiger partial charge < -0.3 is 16.2 Å². The minimum Gasteiger partial charge on any atom is -0.481 e. The maximum absolute atomic E-state index is 10.6. The van der Waals surface area contributed by atoms with Gasteiger partial charge in [-0.15, -0.1) is 0 Å². The molecule has 1 rings (SSSR count). The molecule has 0 saturated heterocycles. The molecule has 0 heterocycles. The molecule has 80 valence electrons. The van der Waals surface area contributed by atoms with E-state index in [0.717, 1.165) is 12.8 Å². The third-order valence-electron chi connectivity index (χ3n) is 2.64. The quantitative estimate of drug-likeness (QED) is 0.581. The lowest BCUT2D eigenvalue weighted by molar-refractivity contribution is -0.143. The van der Waals surface area contributed by atoms with Gasteiger partial charge >= 0.3 is 5.97 Å². The second-order valence-electron chi connectivity index (χ2n) is 3.73. The zero-order valence-corrected chi connectivity index (χ0v) is 8.03. The zero-order valence-electron chi connectivity index (χ0n) is 8.03. The molecule has 0 aromatic heterocycles. The molecule has 0 bridgehead atoms. The summed E-state index contributed by atoms with van der Waals surface area (Å²) in [4.78, 5) is 21.1. The number of carboxylic acids is 1. The van der Waals surface area contributed by atoms with E-state index >= 15 is 0 Å². The lowest BCUT2D eigenvalue weighted by Crippen LogP contribution is -2.39. The van der Waals surface area contributed by atoms with Gasteiger partial charge in [0.1, 0.15) is 0 Å². The van der Waals surface area contributed by atoms with Crippen LogP contribution in [0.5, 0.6) is 0 Å². The number of carbonyl (C=O) groups is 2. The standard InChI is InChI=1S/C9H16N2O3/c10-8(12)5-11-7-3-1-6(2-4-7)9(13)14/h6-7,11H,1-5H2,(H2,10,12)(H,13,14). The first kappa shape index (κ1) is 11.0. The number of nitrogens with one attached hydrogen (secondary N) is 1. The number of primary amides is 1. The Morgan fingerprint density at radius 3 is 2.29 bits per heavy atom. The van der Waals surface area contributed by atoms with Gasteiger partial charge in [-0.2, -0.15) is 0 Å². The third kappa shape index (κ3) is 3.33. The molecule has 5 heteroatoms. The summed E-state index contributed by atoms with van der Waals surface area (Å²) in [6, 6.07) is 0.248. The van der Waals surface area contributed by atoms with Crippen LogP contribution >= 0.6 is 0 Å². The Labute approximate surface area is 82.7 Å². The molecule has 1 aliphatic carbocycles. The maximum Gasteiger partial charge on any atom is 0.306 e. The fourth-order valence-electron chi connectivity index (χ4n) is 1.79. The number of carboxylic acid groups (broad SMARTS) is 1. The van der Waals surface area contributed by atoms with Crippen LogP contribution in [0.4, 0.5) is 0 Å². The summed E-state index contributed by atoms with van der Waals surface area (Å²) in [7, 11) is 0. The summed E-state index contributed by atoms with van der Waals surface area (Å²) >= 11 is 0. The SMILES string of the molecule is NC(=O)CNC1CCC(C(=O)O)CC1. The van der Waals surface area contributed by atoms with E-state index in [4.69, 9.17) is 10.8 Å². The van der Waals surface area contributed by atoms with E-state index < -0.39 is 5.97 Å². The number of rotatable bonds is 4. The van der Waals surface area contributed by atoms with E-state index in [-0.39, 0.29) is 24.4 Å². The number of hydrogen-bond donors (Lipinski definition) is 3. The first-order valence-corrected chi connectivity index (χ1v) is 4.84. The Bertz CT molecular complexity index is 222. The Balaban J connectivity index is 2.22. The molecule has 0 unspecified atom stereocenters. The van der Waals surface area contributed by atoms with Crippen molar-refractivity contribution in [3.8, 4) is 0 Å². The Hall–Kier alpha value is -1.10. The number of carbonyl (C=O) groups excluding carboxylic acids is 1. The van der Waals surface area contributed by atoms with E-state index in [1.807, 2.05) is 0 Å². The van der Waals surface area contributed by atoms with Gasteiger partial charge in [0, 0.05) is 6.04 Å². The van der Waals surface area contributed by atoms with Crippen LogP contribution in [0.15, 0.2) is 0 Å². The number of hydrogen-bond acceptors (Lipinski definition) is 3. The smallest absolute Gasteiger partial charge is 0.306 e. The predicted octanol–water partition coefficient (Wildman–Crippen LogP) is -0.295. The van der Waals surface area contributed by atoms with Crippen molar-refractivity contribution in [2.24, 2.45) is 11.7 Å². The van der Waals surface area contributed by atoms with Crippen LogP contribution in [0, 0.1) is 5.92 Å². The van der Waals surface area contributed by atoms with Gasteiger partial charge in [0.25, 0.3) is 0 Å². The van der Waals surface area contributed by atoms with Crippen molar-refractivity contribution in [3.05, 3.63) is 0 Å². The van der Waals surface area contributed by atoms with E-state index in [0.29, 0.717) is 12.8 Å². The van der Waals surface area contributed by atoms with E-state index in [1.165, 1.54) is 0 Å². The van der Waals surface area contributed by atoms with Crippen molar-refractivity contribution in [2.45, 2.75) is 31.7 Å². The highest BCUT2D eigenvalue weighted by atomic mass is 16.4. The molecule has 0 aliphatic heterocycles. The summed E-state index contributed by atoms with van der Waals surface area (Å²) in [5.74, 6) is -1.29. The van der Waals surface area contributed by atoms with Crippen LogP contribution in [0.25, 0.3) is 0 Å². The van der Waals surface area contributed by atoms with Gasteiger partial charge in [0.2, 0.25) is 5.91 Å². The summed E-state index contributed by atoms with van der Waals surface area (Å²) in [6.45, 7) is 0.183. The molecule has 5 nitrogen and oxygen atoms in total. The van der Waals surface area contributed by atoms with Crippen molar-refractivity contribution < 1.29 is 14.7 Å². The van der Waals surface area contributed by atoms with Crippen LogP contribution in [-0.4, -0.2) is 29.6 Å². The summed E-state index contributed by atoms with van der Waals surface area (Å²) in [6.07, 6.45) is 2.99. The fourth-order valence-corrected chi connectivity index (χ4v) is 1.79. The molecule has 0 aromatic carbocycles. The lowest BCUT2D eigenvalue weighted by atomic mass is 9.86. The van der Waals surface area contributed by atoms with Gasteiger partial charge in [0.15, 0.2) is 0 Å². The van der Waals surface area contributed by atoms with Crippen molar-refractivity contribution in [1.29, 1.82) is 0 Å². The predicted molar refractivity (Wildman–Crippen MR) is 50.6 cm³/mol. The van der Waals surface area contributed by atoms with Gasteiger partial charge in [-0.25, -0.2) is 0 Å². The van der Waals surface area contributed by atoms with Gasteiger partial charge in [-0.05, 0) is 25.7 Å². The van der Waals surface area contributed by atoms with Gasteiger partial charge in [0.05, 0.1) is 12.5 Å². The van der Waals surface area contributed by atoms with Crippen LogP contribution in [0.1, 0.15) is 25.7 Å². The average molecular weight is 200 g/mol. The molecular formula is C9H16N2O3. The van der Waals surface area contributed by atoms with Crippen molar-refractivity contribution in [1.82, 2.24) is 5.32 Å². The van der Waals surface area contributed by atoms with Gasteiger partial charge in [-0.1, -0.05) is 0 Å². The average Bonchev–Trinajstić information content (AvgIpc) is 2.15. The molecule has 1 aliphatic rings. The highest BCUT2D eigenvalue weighted by Crippen LogP contribution is 2.24. The first-order chi connectivity index (χ1) is 6.59. The van der Waals surface area contributed by atoms with E-state index in [2.05, 4.69) is 5.32 Å². The molecule has 14 heavy (non-hydrogen) atoms. The summed E-state index contributed by atoms with van der Waals surface area (Å²) < 4.78 is 0. The van der Waals surface area contributed by atoms with Crippen LogP contribution in [0.2, 0.25) is 0 Å². The Morgan fingerprint density at radius 2 is 1.86 bits per heavy atom. The van der Waals surface area contributed by atoms with Crippen molar-refractivity contribution in [3.63, 3.8) is 0 Å². The Morgan fingerprint density at radius 1 is 1.29 bits per heavy atom. The van der Waals surface area contributed by atoms with Crippen LogP contribution in [0.3, 0.4) is 0 Å². The third-order valence-corrected chi connectivity index (χ3v) is 2.64. The monoisotopic (exact) mass is 200 g/mol. The molecule has 0 radical (unpaired) electrons. The summed E-state index contributed by atoms with van der Waals surface area (Å²) in [5, 5.41) is 11.8. The van der Waals surface area contributed by atoms with Crippen molar-refractivity contribution >= 4 is 11.9 Å². The second-order valence-corrected chi connectivity index (χ2v) is 3.73. The molecule has 1 amide bonds. The molecule has 0 atom stereocenters. The van der Waals surface area contributed by atoms with E-state index in [9.17, 15) is 9.59 Å². The van der Waals surface area contributed by atoms with Crippen molar-refractivity contribution in [2.75, 3.05) is 6.54 Å². The zero-order chi connectivity index (χ0) is 10.6. The van der Waals surface area contributed by atoms with E-state index in [1.54, 1.807) is 0 Å². The van der Waals surface area contributed by atoms with Gasteiger partial charge in [-0.3, -0.25) is 9.59 Å². The maximum atomic E-state index is 10.6. The topological polar surface area (TPSA) is 92.4 Å². The van der Waals surface area contributed by atoms with Crippen LogP contribution < -0.4 is 11.1 Å². The minimum absolute atomic E-state index is 0.183. The minimum atomic E-state index is -0.710. The highest BCUT2D eigenvalue weighted by Gasteiger charge is 2.25. The first-order valence-electron chi connectivity index (χ1n) is 4.84. The molecule has 4 N–H and O–H groups in total. The largest absolute Gasteiger partial charge is 0.481 e. The Kier molecular flexibility index (Phi) is 3.88. The molecule has 0 spiro atoms. The summed E-state index contributed by atoms with van der Waals surface area (Å²) in [5.41, 5.74) is 4.99. The number of nitrogens with two attached hydrogens (primary N) is 1. The fraction of sp³-hybridized carbons (Fsp3) is 0.778. The second kappa shape index (κ2) is 4.95. The highest BCUT2D eigenvalue weighted by molar-refractivity contribution is 5.75. The molecule has 1 fully saturated rings. The molecule has 0 aromatic rings. The number of aliphatic carboxylic acids is 1. The lowest BCUT2D eigenvalue weighted by Gasteiger charge is -2.26. The normalized spacial score (nSPS) is 27.1. The van der Waals surface area contributed by atoms with Crippen LogP contribution in [-0.2, 0) is 9.59 Å². The number of amides is 1. The molecular weight excluding hydrogens is 184 g/mol.